The van der Waals surface area contributed by atoms with E-state index < -0.39 is 15.9 Å². The summed E-state index contributed by atoms with van der Waals surface area (Å²) in [5, 5.41) is 9.43. The number of carbonyl (C=O) groups is 1. The predicted molar refractivity (Wildman–Crippen MR) is 78.0 cm³/mol. The van der Waals surface area contributed by atoms with Crippen molar-refractivity contribution >= 4 is 15.9 Å². The minimum absolute atomic E-state index is 0.111. The van der Waals surface area contributed by atoms with Crippen LogP contribution in [0.5, 0.6) is 0 Å². The van der Waals surface area contributed by atoms with Crippen LogP contribution in [-0.2, 0) is 14.8 Å². The van der Waals surface area contributed by atoms with Crippen LogP contribution < -0.4 is 0 Å². The summed E-state index contributed by atoms with van der Waals surface area (Å²) in [6.45, 7) is 0.0719. The van der Waals surface area contributed by atoms with Gasteiger partial charge < -0.3 is 10.0 Å². The third-order valence-electron chi connectivity index (χ3n) is 3.78. The minimum atomic E-state index is -3.62. The molecule has 0 bridgehead atoms. The smallest absolute Gasteiger partial charge is 0.243 e. The summed E-state index contributed by atoms with van der Waals surface area (Å²) in [7, 11) is -0.362. The highest BCUT2D eigenvalue weighted by atomic mass is 32.2. The highest BCUT2D eigenvalue weighted by Crippen LogP contribution is 2.29. The molecule has 1 heterocycles. The van der Waals surface area contributed by atoms with Crippen molar-refractivity contribution in [3.8, 4) is 0 Å². The van der Waals surface area contributed by atoms with E-state index in [-0.39, 0.29) is 36.4 Å². The maximum absolute atomic E-state index is 12.6. The van der Waals surface area contributed by atoms with E-state index in [1.807, 2.05) is 0 Å². The Kier molecular flexibility index (Phi) is 4.65. The van der Waals surface area contributed by atoms with Gasteiger partial charge in [-0.1, -0.05) is 18.2 Å². The highest BCUT2D eigenvalue weighted by Gasteiger charge is 2.42. The molecule has 1 amide bonds. The van der Waals surface area contributed by atoms with E-state index in [0.29, 0.717) is 0 Å². The molecule has 1 N–H and O–H groups in total. The Hall–Kier alpha value is -1.44. The Morgan fingerprint density at radius 1 is 1.29 bits per heavy atom. The Morgan fingerprint density at radius 3 is 2.43 bits per heavy atom. The van der Waals surface area contributed by atoms with Gasteiger partial charge in [0, 0.05) is 39.7 Å². The maximum Gasteiger partial charge on any atom is 0.243 e. The number of aliphatic hydroxyl groups is 1. The summed E-state index contributed by atoms with van der Waals surface area (Å²) >= 11 is 0. The molecule has 1 saturated heterocycles. The number of nitrogens with zero attached hydrogens (tertiary/aromatic N) is 2. The standard InChI is InChI=1S/C14H20N2O4S/c1-15(2)14(18)13-9-16(8-11(13)10-17)21(19,20)12-6-4-3-5-7-12/h3-7,11,13,17H,8-10H2,1-2H3/t11-,13+/m0/s1. The summed E-state index contributed by atoms with van der Waals surface area (Å²) in [6, 6.07) is 8.14. The van der Waals surface area contributed by atoms with Crippen LogP contribution >= 0.6 is 0 Å². The van der Waals surface area contributed by atoms with Crippen LogP contribution in [0.4, 0.5) is 0 Å². The second-order valence-electron chi connectivity index (χ2n) is 5.42. The highest BCUT2D eigenvalue weighted by molar-refractivity contribution is 7.89. The molecule has 0 aliphatic carbocycles. The van der Waals surface area contributed by atoms with Gasteiger partial charge in [0.15, 0.2) is 0 Å². The third kappa shape index (κ3) is 3.09. The zero-order valence-corrected chi connectivity index (χ0v) is 13.0. The van der Waals surface area contributed by atoms with Gasteiger partial charge >= 0.3 is 0 Å². The molecule has 0 aromatic heterocycles. The van der Waals surface area contributed by atoms with Gasteiger partial charge in [-0.15, -0.1) is 0 Å². The molecule has 1 aliphatic rings. The van der Waals surface area contributed by atoms with Gasteiger partial charge in [0.05, 0.1) is 10.8 Å². The topological polar surface area (TPSA) is 77.9 Å². The monoisotopic (exact) mass is 312 g/mol. The molecule has 0 radical (unpaired) electrons. The Bertz CT molecular complexity index is 601. The van der Waals surface area contributed by atoms with E-state index in [0.717, 1.165) is 0 Å². The molecular formula is C14H20N2O4S. The number of aliphatic hydroxyl groups excluding tert-OH is 1. The van der Waals surface area contributed by atoms with Crippen molar-refractivity contribution in [2.75, 3.05) is 33.8 Å². The van der Waals surface area contributed by atoms with E-state index >= 15 is 0 Å². The number of amides is 1. The zero-order valence-electron chi connectivity index (χ0n) is 12.1. The summed E-state index contributed by atoms with van der Waals surface area (Å²) < 4.78 is 26.4. The zero-order chi connectivity index (χ0) is 15.6. The van der Waals surface area contributed by atoms with E-state index in [1.165, 1.54) is 21.3 Å². The van der Waals surface area contributed by atoms with Crippen LogP contribution in [-0.4, -0.2) is 62.4 Å². The first-order valence-corrected chi connectivity index (χ1v) is 8.19. The molecule has 2 rings (SSSR count). The average molecular weight is 312 g/mol. The van der Waals surface area contributed by atoms with Gasteiger partial charge in [0.2, 0.25) is 15.9 Å². The van der Waals surface area contributed by atoms with E-state index in [1.54, 1.807) is 32.3 Å². The molecule has 116 valence electrons. The summed E-state index contributed by atoms with van der Waals surface area (Å²) in [4.78, 5) is 13.8. The van der Waals surface area contributed by atoms with Gasteiger partial charge in [-0.2, -0.15) is 4.31 Å². The third-order valence-corrected chi connectivity index (χ3v) is 5.63. The fourth-order valence-electron chi connectivity index (χ4n) is 2.57. The fraction of sp³-hybridized carbons (Fsp3) is 0.500. The van der Waals surface area contributed by atoms with Gasteiger partial charge in [0.1, 0.15) is 0 Å². The number of benzene rings is 1. The molecule has 1 aromatic carbocycles. The minimum Gasteiger partial charge on any atom is -0.396 e. The number of rotatable bonds is 4. The normalized spacial score (nSPS) is 23.2. The SMILES string of the molecule is CN(C)C(=O)[C@@H]1CN(S(=O)(=O)c2ccccc2)C[C@H]1CO. The lowest BCUT2D eigenvalue weighted by Crippen LogP contribution is -2.35. The lowest BCUT2D eigenvalue weighted by molar-refractivity contribution is -0.134. The molecule has 6 nitrogen and oxygen atoms in total. The molecule has 2 atom stereocenters. The van der Waals surface area contributed by atoms with Crippen molar-refractivity contribution in [2.24, 2.45) is 11.8 Å². The number of sulfonamides is 1. The fourth-order valence-corrected chi connectivity index (χ4v) is 4.11. The van der Waals surface area contributed by atoms with E-state index in [9.17, 15) is 18.3 Å². The second-order valence-corrected chi connectivity index (χ2v) is 7.35. The number of hydrogen-bond donors (Lipinski definition) is 1. The summed E-state index contributed by atoms with van der Waals surface area (Å²) in [5.41, 5.74) is 0. The molecule has 0 spiro atoms. The molecule has 1 fully saturated rings. The van der Waals surface area contributed by atoms with Crippen molar-refractivity contribution in [3.63, 3.8) is 0 Å². The van der Waals surface area contributed by atoms with Gasteiger partial charge in [0.25, 0.3) is 0 Å². The second kappa shape index (κ2) is 6.13. The Balaban J connectivity index is 2.25. The lowest BCUT2D eigenvalue weighted by atomic mass is 9.96. The summed E-state index contributed by atoms with van der Waals surface area (Å²) in [6.07, 6.45) is 0. The van der Waals surface area contributed by atoms with Crippen molar-refractivity contribution in [2.45, 2.75) is 4.90 Å². The average Bonchev–Trinajstić information content (AvgIpc) is 2.92. The van der Waals surface area contributed by atoms with Crippen molar-refractivity contribution in [1.82, 2.24) is 9.21 Å². The van der Waals surface area contributed by atoms with Crippen molar-refractivity contribution in [1.29, 1.82) is 0 Å². The van der Waals surface area contributed by atoms with Gasteiger partial charge in [-0.25, -0.2) is 8.42 Å². The number of carbonyl (C=O) groups excluding carboxylic acids is 1. The van der Waals surface area contributed by atoms with E-state index in [2.05, 4.69) is 0 Å². The van der Waals surface area contributed by atoms with Crippen molar-refractivity contribution in [3.05, 3.63) is 30.3 Å². The van der Waals surface area contributed by atoms with Crippen LogP contribution in [0.2, 0.25) is 0 Å². The molecular weight excluding hydrogens is 292 g/mol. The largest absolute Gasteiger partial charge is 0.396 e. The number of hydrogen-bond acceptors (Lipinski definition) is 4. The van der Waals surface area contributed by atoms with Crippen LogP contribution in [0.3, 0.4) is 0 Å². The molecule has 0 saturated carbocycles. The first kappa shape index (κ1) is 15.9. The van der Waals surface area contributed by atoms with Gasteiger partial charge in [-0.3, -0.25) is 4.79 Å². The maximum atomic E-state index is 12.6. The summed E-state index contributed by atoms with van der Waals surface area (Å²) in [5.74, 6) is -1.01. The van der Waals surface area contributed by atoms with Crippen molar-refractivity contribution < 1.29 is 18.3 Å². The molecule has 21 heavy (non-hydrogen) atoms. The van der Waals surface area contributed by atoms with Crippen LogP contribution in [0.1, 0.15) is 0 Å². The first-order valence-electron chi connectivity index (χ1n) is 6.75. The first-order chi connectivity index (χ1) is 9.87. The quantitative estimate of drug-likeness (QED) is 0.849. The van der Waals surface area contributed by atoms with Gasteiger partial charge in [-0.05, 0) is 12.1 Å². The molecule has 1 aliphatic heterocycles. The predicted octanol–water partition coefficient (Wildman–Crippen LogP) is 0.00380. The Labute approximate surface area is 125 Å². The van der Waals surface area contributed by atoms with E-state index in [4.69, 9.17) is 0 Å². The molecule has 1 aromatic rings. The lowest BCUT2D eigenvalue weighted by Gasteiger charge is -2.19. The van der Waals surface area contributed by atoms with Crippen LogP contribution in [0.25, 0.3) is 0 Å². The Morgan fingerprint density at radius 2 is 1.90 bits per heavy atom. The molecule has 7 heteroatoms. The van der Waals surface area contributed by atoms with Crippen LogP contribution in [0.15, 0.2) is 35.2 Å². The van der Waals surface area contributed by atoms with Crippen LogP contribution in [0, 0.1) is 11.8 Å². The molecule has 0 unspecified atom stereocenters.